The van der Waals surface area contributed by atoms with E-state index in [9.17, 15) is 5.11 Å². The van der Waals surface area contributed by atoms with Crippen LogP contribution >= 0.6 is 12.3 Å². The molecule has 4 aliphatic rings. The van der Waals surface area contributed by atoms with Crippen LogP contribution in [0.3, 0.4) is 0 Å². The van der Waals surface area contributed by atoms with Crippen molar-refractivity contribution >= 4 is 12.3 Å². The molecule has 5 nitrogen and oxygen atoms in total. The van der Waals surface area contributed by atoms with Crippen molar-refractivity contribution in [1.82, 2.24) is 0 Å². The lowest BCUT2D eigenvalue weighted by molar-refractivity contribution is -0.434. The quantitative estimate of drug-likeness (QED) is 0.116. The Labute approximate surface area is 205 Å². The van der Waals surface area contributed by atoms with Crippen molar-refractivity contribution in [3.8, 4) is 0 Å². The fraction of sp³-hybridized carbons (Fsp3) is 0.926. The lowest BCUT2D eigenvalue weighted by Gasteiger charge is -2.58. The van der Waals surface area contributed by atoms with Gasteiger partial charge in [-0.05, 0) is 112 Å². The summed E-state index contributed by atoms with van der Waals surface area (Å²) in [6, 6.07) is 0. The van der Waals surface area contributed by atoms with E-state index in [1.165, 1.54) is 44.9 Å². The molecule has 3 fully saturated rings. The molecule has 3 saturated carbocycles. The molecule has 0 aromatic heterocycles. The van der Waals surface area contributed by atoms with Crippen molar-refractivity contribution in [3.05, 3.63) is 11.6 Å². The monoisotopic (exact) mass is 482 g/mol. The fourth-order valence-electron chi connectivity index (χ4n) is 8.83. The summed E-state index contributed by atoms with van der Waals surface area (Å²) in [6.45, 7) is 11.5. The molecule has 190 valence electrons. The highest BCUT2D eigenvalue weighted by atomic mass is 32.2. The Bertz CT molecular complexity index is 705. The molecule has 0 aliphatic heterocycles. The van der Waals surface area contributed by atoms with Crippen molar-refractivity contribution in [3.63, 3.8) is 0 Å². The minimum atomic E-state index is -0.538. The maximum Gasteiger partial charge on any atom is 0.197 e. The molecule has 4 rings (SSSR count). The topological polar surface area (TPSA) is 68.2 Å². The lowest BCUT2D eigenvalue weighted by atomic mass is 9.47. The Morgan fingerprint density at radius 1 is 1.15 bits per heavy atom. The molecule has 33 heavy (non-hydrogen) atoms. The molecule has 6 heteroatoms. The molecule has 0 amide bonds. The Kier molecular flexibility index (Phi) is 7.95. The summed E-state index contributed by atoms with van der Waals surface area (Å²) in [6.07, 6.45) is 15.9. The summed E-state index contributed by atoms with van der Waals surface area (Å²) in [5, 5.41) is 22.1. The lowest BCUT2D eigenvalue weighted by Crippen LogP contribution is -2.50. The molecule has 0 unspecified atom stereocenters. The van der Waals surface area contributed by atoms with Crippen LogP contribution in [0.5, 0.6) is 0 Å². The van der Waals surface area contributed by atoms with E-state index in [-0.39, 0.29) is 6.10 Å². The Hall–Kier alpha value is -0.110. The number of fused-ring (bicyclic) bond motifs is 5. The average molecular weight is 483 g/mol. The summed E-state index contributed by atoms with van der Waals surface area (Å²) in [4.78, 5) is 0. The van der Waals surface area contributed by atoms with E-state index in [0.29, 0.717) is 10.8 Å². The predicted molar refractivity (Wildman–Crippen MR) is 132 cm³/mol. The third-order valence-electron chi connectivity index (χ3n) is 10.5. The number of aliphatic hydroxyl groups is 1. The van der Waals surface area contributed by atoms with Crippen molar-refractivity contribution in [2.75, 3.05) is 0 Å². The first-order valence-corrected chi connectivity index (χ1v) is 14.0. The van der Waals surface area contributed by atoms with Crippen molar-refractivity contribution in [1.29, 1.82) is 0 Å². The third-order valence-corrected chi connectivity index (χ3v) is 11.0. The standard InChI is InChI=1S/C27H46O5S/c1-18(7-6-14-25(2,3)28)22-10-11-23-21-9-8-19-17-20(30-33-32-31-29)12-15-26(19,4)24(21)13-16-27(22,23)5/h8,18,20-24,28-29H,6-7,9-17H2,1-5H3/t18-,20+,21+,22-,23+,24+,26+,27-/m1/s1. The molecule has 0 bridgehead atoms. The van der Waals surface area contributed by atoms with Gasteiger partial charge in [0.05, 0.1) is 11.7 Å². The van der Waals surface area contributed by atoms with Gasteiger partial charge in [-0.25, -0.2) is 5.26 Å². The summed E-state index contributed by atoms with van der Waals surface area (Å²) >= 11 is 0.729. The minimum Gasteiger partial charge on any atom is -0.390 e. The van der Waals surface area contributed by atoms with E-state index in [2.05, 4.69) is 36.2 Å². The molecule has 2 N–H and O–H groups in total. The van der Waals surface area contributed by atoms with Crippen LogP contribution in [0, 0.1) is 40.4 Å². The van der Waals surface area contributed by atoms with Gasteiger partial charge in [0, 0.05) is 0 Å². The van der Waals surface area contributed by atoms with Gasteiger partial charge in [-0.1, -0.05) is 50.3 Å². The number of allylic oxidation sites excluding steroid dienone is 1. The summed E-state index contributed by atoms with van der Waals surface area (Å²) < 4.78 is 10.1. The highest BCUT2D eigenvalue weighted by molar-refractivity contribution is 7.89. The Balaban J connectivity index is 1.42. The van der Waals surface area contributed by atoms with Crippen LogP contribution in [-0.2, 0) is 13.6 Å². The molecule has 4 aliphatic carbocycles. The predicted octanol–water partition coefficient (Wildman–Crippen LogP) is 7.51. The van der Waals surface area contributed by atoms with E-state index >= 15 is 0 Å². The molecular formula is C27H46O5S. The second-order valence-electron chi connectivity index (χ2n) is 12.8. The maximum atomic E-state index is 10.1. The molecule has 8 atom stereocenters. The molecule has 0 aromatic carbocycles. The van der Waals surface area contributed by atoms with Gasteiger partial charge in [0.2, 0.25) is 0 Å². The van der Waals surface area contributed by atoms with Crippen LogP contribution in [0.2, 0.25) is 0 Å². The third kappa shape index (κ3) is 5.22. The second kappa shape index (κ2) is 10.1. The first-order valence-electron chi connectivity index (χ1n) is 13.3. The summed E-state index contributed by atoms with van der Waals surface area (Å²) in [5.74, 6) is 4.06. The van der Waals surface area contributed by atoms with Crippen LogP contribution in [-0.4, -0.2) is 22.1 Å². The van der Waals surface area contributed by atoms with Gasteiger partial charge in [-0.2, -0.15) is 0 Å². The number of hydrogen-bond acceptors (Lipinski definition) is 6. The van der Waals surface area contributed by atoms with Crippen molar-refractivity contribution in [2.45, 2.75) is 117 Å². The van der Waals surface area contributed by atoms with E-state index in [4.69, 9.17) is 9.44 Å². The maximum absolute atomic E-state index is 10.1. The van der Waals surface area contributed by atoms with E-state index in [1.807, 2.05) is 13.8 Å². The van der Waals surface area contributed by atoms with Gasteiger partial charge in [0.15, 0.2) is 12.3 Å². The highest BCUT2D eigenvalue weighted by Gasteiger charge is 2.59. The van der Waals surface area contributed by atoms with Crippen molar-refractivity contribution < 1.29 is 23.9 Å². The minimum absolute atomic E-state index is 0.121. The largest absolute Gasteiger partial charge is 0.390 e. The van der Waals surface area contributed by atoms with Gasteiger partial charge >= 0.3 is 0 Å². The van der Waals surface area contributed by atoms with Gasteiger partial charge in [0.25, 0.3) is 0 Å². The van der Waals surface area contributed by atoms with Crippen LogP contribution in [0.1, 0.15) is 105 Å². The summed E-state index contributed by atoms with van der Waals surface area (Å²) in [7, 11) is 0. The SMILES string of the molecule is C[C@H](CCCC(C)(C)O)[C@H]1CC[C@H]2[C@@H]3CC=C4C[C@@H](OSOOO)CC[C@]4(C)[C@H]3CC[C@]12C. The zero-order chi connectivity index (χ0) is 23.9. The van der Waals surface area contributed by atoms with Crippen LogP contribution in [0.25, 0.3) is 0 Å². The Morgan fingerprint density at radius 3 is 2.67 bits per heavy atom. The molecule has 0 saturated heterocycles. The van der Waals surface area contributed by atoms with Crippen LogP contribution in [0.4, 0.5) is 0 Å². The molecule has 0 aromatic rings. The van der Waals surface area contributed by atoms with Crippen LogP contribution in [0.15, 0.2) is 11.6 Å². The number of hydrogen-bond donors (Lipinski definition) is 2. The van der Waals surface area contributed by atoms with Gasteiger partial charge in [-0.3, -0.25) is 4.18 Å². The van der Waals surface area contributed by atoms with E-state index < -0.39 is 5.60 Å². The van der Waals surface area contributed by atoms with E-state index in [1.54, 1.807) is 5.57 Å². The first-order chi connectivity index (χ1) is 15.6. The highest BCUT2D eigenvalue weighted by Crippen LogP contribution is 2.67. The van der Waals surface area contributed by atoms with Gasteiger partial charge in [0.1, 0.15) is 0 Å². The average Bonchev–Trinajstić information content (AvgIpc) is 3.10. The van der Waals surface area contributed by atoms with Gasteiger partial charge in [-0.15, -0.1) is 4.33 Å². The molecule has 0 spiro atoms. The zero-order valence-corrected chi connectivity index (χ0v) is 22.2. The number of rotatable bonds is 9. The van der Waals surface area contributed by atoms with Crippen molar-refractivity contribution in [2.24, 2.45) is 40.4 Å². The summed E-state index contributed by atoms with van der Waals surface area (Å²) in [5.41, 5.74) is 1.84. The zero-order valence-electron chi connectivity index (χ0n) is 21.3. The second-order valence-corrected chi connectivity index (χ2v) is 13.3. The normalized spacial score (nSPS) is 41.7. The van der Waals surface area contributed by atoms with E-state index in [0.717, 1.165) is 67.6 Å². The fourth-order valence-corrected chi connectivity index (χ4v) is 9.16. The van der Waals surface area contributed by atoms with Crippen LogP contribution < -0.4 is 0 Å². The van der Waals surface area contributed by atoms with Gasteiger partial charge < -0.3 is 5.11 Å². The molecule has 0 radical (unpaired) electrons. The smallest absolute Gasteiger partial charge is 0.197 e. The first kappa shape index (κ1) is 26.0. The molecule has 0 heterocycles. The molecular weight excluding hydrogens is 436 g/mol. The Morgan fingerprint density at radius 2 is 1.94 bits per heavy atom.